The summed E-state index contributed by atoms with van der Waals surface area (Å²) in [6, 6.07) is 18.0. The van der Waals surface area contributed by atoms with Crippen LogP contribution in [0.2, 0.25) is 0 Å². The summed E-state index contributed by atoms with van der Waals surface area (Å²) >= 11 is 0. The van der Waals surface area contributed by atoms with Crippen molar-refractivity contribution in [1.82, 2.24) is 0 Å². The van der Waals surface area contributed by atoms with Gasteiger partial charge in [0.2, 0.25) is 5.88 Å². The molecule has 2 heterocycles. The van der Waals surface area contributed by atoms with Gasteiger partial charge in [-0.15, -0.1) is 0 Å². The summed E-state index contributed by atoms with van der Waals surface area (Å²) in [5, 5.41) is 13.3. The molecule has 6 nitrogen and oxygen atoms in total. The third kappa shape index (κ3) is 2.95. The molecule has 2 aromatic heterocycles. The molecule has 0 atom stereocenters. The minimum Gasteiger partial charge on any atom is -0.507 e. The first-order valence-corrected chi connectivity index (χ1v) is 9.84. The average Bonchev–Trinajstić information content (AvgIpc) is 2.77. The molecule has 0 aliphatic rings. The number of hydrogen-bond acceptors (Lipinski definition) is 6. The predicted octanol–water partition coefficient (Wildman–Crippen LogP) is 4.42. The van der Waals surface area contributed by atoms with Crippen LogP contribution >= 0.6 is 0 Å². The Morgan fingerprint density at radius 3 is 2.29 bits per heavy atom. The second-order valence-corrected chi connectivity index (χ2v) is 7.66. The van der Waals surface area contributed by atoms with E-state index in [1.807, 2.05) is 30.3 Å². The van der Waals surface area contributed by atoms with E-state index in [0.717, 1.165) is 10.8 Å². The van der Waals surface area contributed by atoms with Crippen LogP contribution in [0.4, 0.5) is 5.88 Å². The lowest BCUT2D eigenvalue weighted by Crippen LogP contribution is -2.21. The maximum Gasteiger partial charge on any atom is 0.343 e. The van der Waals surface area contributed by atoms with Gasteiger partial charge in [0.05, 0.1) is 21.9 Å². The Hall–Kier alpha value is -4.06. The SMILES string of the molecule is CN(C)c1oc2ccc3ccccc3c2c(=O)c1Cc1c(O)c2ccccc2oc1=O. The average molecular weight is 413 g/mol. The van der Waals surface area contributed by atoms with Gasteiger partial charge in [0, 0.05) is 20.5 Å². The van der Waals surface area contributed by atoms with E-state index in [-0.39, 0.29) is 34.3 Å². The van der Waals surface area contributed by atoms with E-state index in [9.17, 15) is 14.7 Å². The predicted molar refractivity (Wildman–Crippen MR) is 121 cm³/mol. The topological polar surface area (TPSA) is 83.9 Å². The monoisotopic (exact) mass is 413 g/mol. The highest BCUT2D eigenvalue weighted by atomic mass is 16.4. The fourth-order valence-corrected chi connectivity index (χ4v) is 4.01. The van der Waals surface area contributed by atoms with Gasteiger partial charge >= 0.3 is 5.63 Å². The summed E-state index contributed by atoms with van der Waals surface area (Å²) < 4.78 is 11.5. The van der Waals surface area contributed by atoms with E-state index in [4.69, 9.17) is 8.83 Å². The molecule has 0 amide bonds. The first kappa shape index (κ1) is 18.9. The fourth-order valence-electron chi connectivity index (χ4n) is 4.01. The molecule has 5 rings (SSSR count). The number of rotatable bonds is 3. The smallest absolute Gasteiger partial charge is 0.343 e. The molecule has 154 valence electrons. The van der Waals surface area contributed by atoms with Crippen molar-refractivity contribution in [3.63, 3.8) is 0 Å². The molecule has 0 aliphatic heterocycles. The Bertz CT molecular complexity index is 1590. The van der Waals surface area contributed by atoms with Gasteiger partial charge in [0.15, 0.2) is 5.43 Å². The molecule has 0 saturated carbocycles. The molecule has 0 aliphatic carbocycles. The number of anilines is 1. The summed E-state index contributed by atoms with van der Waals surface area (Å²) in [6.07, 6.45) is -0.117. The van der Waals surface area contributed by atoms with Crippen molar-refractivity contribution in [2.24, 2.45) is 0 Å². The Labute approximate surface area is 176 Å². The van der Waals surface area contributed by atoms with E-state index < -0.39 is 5.63 Å². The highest BCUT2D eigenvalue weighted by Crippen LogP contribution is 2.32. The van der Waals surface area contributed by atoms with E-state index in [1.54, 1.807) is 49.3 Å². The van der Waals surface area contributed by atoms with Crippen LogP contribution in [0, 0.1) is 0 Å². The molecule has 0 unspecified atom stereocenters. The standard InChI is InChI=1S/C25H19NO5/c1-26(2)24-17(13-18-22(27)16-9-5-6-10-19(16)31-25(18)29)23(28)21-15-8-4-3-7-14(15)11-12-20(21)30-24/h3-12,27H,13H2,1-2H3. The van der Waals surface area contributed by atoms with Crippen molar-refractivity contribution < 1.29 is 13.9 Å². The molecule has 3 aromatic carbocycles. The van der Waals surface area contributed by atoms with Crippen LogP contribution in [0.5, 0.6) is 5.75 Å². The van der Waals surface area contributed by atoms with E-state index in [2.05, 4.69) is 0 Å². The van der Waals surface area contributed by atoms with Gasteiger partial charge < -0.3 is 18.8 Å². The van der Waals surface area contributed by atoms with Crippen molar-refractivity contribution in [3.05, 3.63) is 92.4 Å². The lowest BCUT2D eigenvalue weighted by Gasteiger charge is -2.17. The molecule has 0 fully saturated rings. The molecule has 5 aromatic rings. The zero-order valence-corrected chi connectivity index (χ0v) is 17.0. The molecular formula is C25H19NO5. The van der Waals surface area contributed by atoms with Gasteiger partial charge in [-0.1, -0.05) is 42.5 Å². The van der Waals surface area contributed by atoms with E-state index in [1.165, 1.54) is 0 Å². The summed E-state index contributed by atoms with van der Waals surface area (Å²) in [6.45, 7) is 0. The van der Waals surface area contributed by atoms with Crippen LogP contribution in [0.1, 0.15) is 11.1 Å². The first-order chi connectivity index (χ1) is 15.0. The molecule has 0 spiro atoms. The first-order valence-electron chi connectivity index (χ1n) is 9.84. The highest BCUT2D eigenvalue weighted by molar-refractivity contribution is 6.05. The largest absolute Gasteiger partial charge is 0.507 e. The van der Waals surface area contributed by atoms with Crippen LogP contribution in [0.25, 0.3) is 32.7 Å². The van der Waals surface area contributed by atoms with Crippen molar-refractivity contribution in [2.75, 3.05) is 19.0 Å². The highest BCUT2D eigenvalue weighted by Gasteiger charge is 2.22. The van der Waals surface area contributed by atoms with Crippen LogP contribution in [-0.4, -0.2) is 19.2 Å². The fraction of sp³-hybridized carbons (Fsp3) is 0.120. The zero-order chi connectivity index (χ0) is 21.7. The van der Waals surface area contributed by atoms with Gasteiger partial charge in [0.25, 0.3) is 0 Å². The Morgan fingerprint density at radius 2 is 1.52 bits per heavy atom. The second-order valence-electron chi connectivity index (χ2n) is 7.66. The van der Waals surface area contributed by atoms with Gasteiger partial charge in [-0.3, -0.25) is 4.79 Å². The van der Waals surface area contributed by atoms with Gasteiger partial charge in [-0.05, 0) is 29.0 Å². The summed E-state index contributed by atoms with van der Waals surface area (Å²) in [5.41, 5.74) is 0.136. The number of fused-ring (bicyclic) bond motifs is 4. The minimum atomic E-state index is -0.682. The van der Waals surface area contributed by atoms with Crippen molar-refractivity contribution in [3.8, 4) is 5.75 Å². The van der Waals surface area contributed by atoms with Crippen LogP contribution in [-0.2, 0) is 6.42 Å². The van der Waals surface area contributed by atoms with Gasteiger partial charge in [-0.25, -0.2) is 4.79 Å². The number of benzene rings is 3. The maximum absolute atomic E-state index is 13.7. The number of hydrogen-bond donors (Lipinski definition) is 1. The van der Waals surface area contributed by atoms with Crippen LogP contribution in [0.3, 0.4) is 0 Å². The molecule has 31 heavy (non-hydrogen) atoms. The van der Waals surface area contributed by atoms with Gasteiger partial charge in [-0.2, -0.15) is 0 Å². The maximum atomic E-state index is 13.7. The summed E-state index contributed by atoms with van der Waals surface area (Å²) in [7, 11) is 3.52. The van der Waals surface area contributed by atoms with Crippen LogP contribution in [0.15, 0.2) is 79.1 Å². The molecule has 1 N–H and O–H groups in total. The normalized spacial score (nSPS) is 11.4. The summed E-state index contributed by atoms with van der Waals surface area (Å²) in [4.78, 5) is 28.0. The lowest BCUT2D eigenvalue weighted by atomic mass is 10.00. The van der Waals surface area contributed by atoms with Crippen molar-refractivity contribution >= 4 is 38.6 Å². The quantitative estimate of drug-likeness (QED) is 0.348. The lowest BCUT2D eigenvalue weighted by molar-refractivity contribution is 0.458. The van der Waals surface area contributed by atoms with Crippen molar-refractivity contribution in [1.29, 1.82) is 0 Å². The third-order valence-electron chi connectivity index (χ3n) is 5.49. The Kier molecular flexibility index (Phi) is 4.29. The van der Waals surface area contributed by atoms with Gasteiger partial charge in [0.1, 0.15) is 16.9 Å². The number of nitrogens with zero attached hydrogens (tertiary/aromatic N) is 1. The second kappa shape index (κ2) is 7.02. The molecular weight excluding hydrogens is 394 g/mol. The molecule has 0 bridgehead atoms. The van der Waals surface area contributed by atoms with E-state index in [0.29, 0.717) is 22.2 Å². The molecule has 0 saturated heterocycles. The van der Waals surface area contributed by atoms with Crippen LogP contribution < -0.4 is 16.0 Å². The third-order valence-corrected chi connectivity index (χ3v) is 5.49. The molecule has 0 radical (unpaired) electrons. The Balaban J connectivity index is 1.82. The number of aromatic hydroxyl groups is 1. The minimum absolute atomic E-state index is 0.0219. The Morgan fingerprint density at radius 1 is 0.806 bits per heavy atom. The van der Waals surface area contributed by atoms with Crippen molar-refractivity contribution in [2.45, 2.75) is 6.42 Å². The number of para-hydroxylation sites is 1. The molecule has 6 heteroatoms. The summed E-state index contributed by atoms with van der Waals surface area (Å²) in [5.74, 6) is 0.147. The zero-order valence-electron chi connectivity index (χ0n) is 17.0. The van der Waals surface area contributed by atoms with E-state index >= 15 is 0 Å².